The molecule has 3 rings (SSSR count). The van der Waals surface area contributed by atoms with E-state index >= 15 is 0 Å². The van der Waals surface area contributed by atoms with E-state index in [1.165, 1.54) is 0 Å². The van der Waals surface area contributed by atoms with E-state index in [-0.39, 0.29) is 12.6 Å². The van der Waals surface area contributed by atoms with E-state index in [0.717, 1.165) is 36.4 Å². The van der Waals surface area contributed by atoms with Gasteiger partial charge in [0.15, 0.2) is 0 Å². The molecule has 0 N–H and O–H groups in total. The van der Waals surface area contributed by atoms with Crippen LogP contribution in [0.5, 0.6) is 0 Å². The van der Waals surface area contributed by atoms with Crippen LogP contribution in [0.3, 0.4) is 0 Å². The van der Waals surface area contributed by atoms with Gasteiger partial charge in [-0.2, -0.15) is 0 Å². The summed E-state index contributed by atoms with van der Waals surface area (Å²) in [7, 11) is 0. The molecule has 88 valence electrons. The lowest BCUT2D eigenvalue weighted by molar-refractivity contribution is 0.384. The molecule has 0 spiro atoms. The number of halogens is 1. The zero-order valence-corrected chi connectivity index (χ0v) is 9.51. The van der Waals surface area contributed by atoms with Crippen molar-refractivity contribution in [3.8, 4) is 0 Å². The highest BCUT2D eigenvalue weighted by molar-refractivity contribution is 5.75. The Morgan fingerprint density at radius 2 is 2.12 bits per heavy atom. The maximum atomic E-state index is 12.6. The second kappa shape index (κ2) is 4.28. The fourth-order valence-electron chi connectivity index (χ4n) is 2.27. The molecule has 1 aromatic heterocycles. The first kappa shape index (κ1) is 10.4. The average molecular weight is 231 g/mol. The number of fused-ring (bicyclic) bond motifs is 1. The third-order valence-electron chi connectivity index (χ3n) is 3.26. The summed E-state index contributed by atoms with van der Waals surface area (Å²) in [4.78, 5) is 11.1. The Labute approximate surface area is 99.3 Å². The number of hydrogen-bond acceptors (Lipinski definition) is 3. The minimum Gasteiger partial charge on any atom is -0.355 e. The lowest BCUT2D eigenvalue weighted by Gasteiger charge is -2.16. The average Bonchev–Trinajstić information content (AvgIpc) is 2.87. The number of benzene rings is 1. The highest BCUT2D eigenvalue weighted by Gasteiger charge is 2.23. The Balaban J connectivity index is 1.91. The van der Waals surface area contributed by atoms with E-state index in [2.05, 4.69) is 14.9 Å². The van der Waals surface area contributed by atoms with Crippen molar-refractivity contribution in [2.24, 2.45) is 5.92 Å². The molecule has 2 aromatic rings. The quantitative estimate of drug-likeness (QED) is 0.794. The van der Waals surface area contributed by atoms with Crippen molar-refractivity contribution < 1.29 is 4.39 Å². The van der Waals surface area contributed by atoms with Gasteiger partial charge in [-0.05, 0) is 18.6 Å². The van der Waals surface area contributed by atoms with Crippen LogP contribution in [0.15, 0.2) is 30.5 Å². The van der Waals surface area contributed by atoms with E-state index in [4.69, 9.17) is 0 Å². The number of para-hydroxylation sites is 2. The Kier molecular flexibility index (Phi) is 2.63. The summed E-state index contributed by atoms with van der Waals surface area (Å²) in [6.07, 6.45) is 2.69. The fourth-order valence-corrected chi connectivity index (χ4v) is 2.27. The second-order valence-electron chi connectivity index (χ2n) is 4.47. The molecule has 1 aliphatic rings. The summed E-state index contributed by atoms with van der Waals surface area (Å²) in [6, 6.07) is 7.80. The topological polar surface area (TPSA) is 29.0 Å². The molecule has 17 heavy (non-hydrogen) atoms. The first-order chi connectivity index (χ1) is 8.36. The molecule has 1 aliphatic heterocycles. The zero-order chi connectivity index (χ0) is 11.7. The standard InChI is InChI=1S/C13H14FN3/c14-7-10-5-6-17(9-10)13-8-15-11-3-1-2-4-12(11)16-13/h1-4,8,10H,5-7,9H2. The smallest absolute Gasteiger partial charge is 0.147 e. The largest absolute Gasteiger partial charge is 0.355 e. The minimum absolute atomic E-state index is 0.156. The monoisotopic (exact) mass is 231 g/mol. The molecule has 2 heterocycles. The van der Waals surface area contributed by atoms with Gasteiger partial charge in [-0.25, -0.2) is 4.98 Å². The number of aromatic nitrogens is 2. The number of nitrogens with zero attached hydrogens (tertiary/aromatic N) is 3. The molecule has 0 aliphatic carbocycles. The molecule has 1 saturated heterocycles. The third kappa shape index (κ3) is 1.95. The van der Waals surface area contributed by atoms with Gasteiger partial charge in [0.05, 0.1) is 23.9 Å². The SMILES string of the molecule is FCC1CCN(c2cnc3ccccc3n2)C1. The number of rotatable bonds is 2. The number of alkyl halides is 1. The molecule has 0 saturated carbocycles. The van der Waals surface area contributed by atoms with Gasteiger partial charge in [-0.3, -0.25) is 9.37 Å². The Morgan fingerprint density at radius 3 is 2.88 bits per heavy atom. The van der Waals surface area contributed by atoms with Gasteiger partial charge in [0.1, 0.15) is 5.82 Å². The Morgan fingerprint density at radius 1 is 1.29 bits per heavy atom. The van der Waals surface area contributed by atoms with Crippen molar-refractivity contribution >= 4 is 16.9 Å². The number of anilines is 1. The van der Waals surface area contributed by atoms with Crippen LogP contribution in [-0.2, 0) is 0 Å². The predicted octanol–water partition coefficient (Wildman–Crippen LogP) is 2.43. The van der Waals surface area contributed by atoms with Crippen molar-refractivity contribution in [3.63, 3.8) is 0 Å². The lowest BCUT2D eigenvalue weighted by atomic mass is 10.1. The molecule has 1 unspecified atom stereocenters. The molecule has 4 heteroatoms. The third-order valence-corrected chi connectivity index (χ3v) is 3.26. The van der Waals surface area contributed by atoms with Crippen LogP contribution in [0, 0.1) is 5.92 Å². The van der Waals surface area contributed by atoms with Crippen LogP contribution in [0.4, 0.5) is 10.2 Å². The summed E-state index contributed by atoms with van der Waals surface area (Å²) < 4.78 is 12.6. The normalized spacial score (nSPS) is 20.1. The number of hydrogen-bond donors (Lipinski definition) is 0. The summed E-state index contributed by atoms with van der Waals surface area (Å²) in [6.45, 7) is 1.39. The first-order valence-corrected chi connectivity index (χ1v) is 5.89. The fraction of sp³-hybridized carbons (Fsp3) is 0.385. The van der Waals surface area contributed by atoms with Crippen molar-refractivity contribution in [1.82, 2.24) is 9.97 Å². The van der Waals surface area contributed by atoms with Crippen molar-refractivity contribution in [2.45, 2.75) is 6.42 Å². The Hall–Kier alpha value is -1.71. The van der Waals surface area contributed by atoms with Crippen molar-refractivity contribution in [1.29, 1.82) is 0 Å². The van der Waals surface area contributed by atoms with Gasteiger partial charge in [0.25, 0.3) is 0 Å². The van der Waals surface area contributed by atoms with Gasteiger partial charge in [-0.1, -0.05) is 12.1 Å². The van der Waals surface area contributed by atoms with Crippen LogP contribution >= 0.6 is 0 Å². The summed E-state index contributed by atoms with van der Waals surface area (Å²) >= 11 is 0. The lowest BCUT2D eigenvalue weighted by Crippen LogP contribution is -2.21. The first-order valence-electron chi connectivity index (χ1n) is 5.89. The summed E-state index contributed by atoms with van der Waals surface area (Å²) in [5, 5.41) is 0. The van der Waals surface area contributed by atoms with Crippen LogP contribution in [0.2, 0.25) is 0 Å². The maximum Gasteiger partial charge on any atom is 0.147 e. The molecule has 3 nitrogen and oxygen atoms in total. The van der Waals surface area contributed by atoms with E-state index in [0.29, 0.717) is 0 Å². The zero-order valence-electron chi connectivity index (χ0n) is 9.51. The minimum atomic E-state index is -0.239. The van der Waals surface area contributed by atoms with E-state index in [1.54, 1.807) is 6.20 Å². The summed E-state index contributed by atoms with van der Waals surface area (Å²) in [5.41, 5.74) is 1.80. The van der Waals surface area contributed by atoms with Gasteiger partial charge in [-0.15, -0.1) is 0 Å². The van der Waals surface area contributed by atoms with Gasteiger partial charge in [0.2, 0.25) is 0 Å². The van der Waals surface area contributed by atoms with Gasteiger partial charge in [0, 0.05) is 19.0 Å². The highest BCUT2D eigenvalue weighted by atomic mass is 19.1. The predicted molar refractivity (Wildman–Crippen MR) is 65.8 cm³/mol. The molecule has 0 amide bonds. The van der Waals surface area contributed by atoms with Crippen LogP contribution in [0.25, 0.3) is 11.0 Å². The maximum absolute atomic E-state index is 12.6. The summed E-state index contributed by atoms with van der Waals surface area (Å²) in [5.74, 6) is 1.02. The molecular weight excluding hydrogens is 217 g/mol. The molecule has 1 aromatic carbocycles. The van der Waals surface area contributed by atoms with Crippen molar-refractivity contribution in [3.05, 3.63) is 30.5 Å². The molecule has 1 fully saturated rings. The van der Waals surface area contributed by atoms with Crippen molar-refractivity contribution in [2.75, 3.05) is 24.7 Å². The van der Waals surface area contributed by atoms with E-state index < -0.39 is 0 Å². The Bertz CT molecular complexity index is 529. The van der Waals surface area contributed by atoms with Crippen LogP contribution in [-0.4, -0.2) is 29.7 Å². The van der Waals surface area contributed by atoms with E-state index in [1.807, 2.05) is 24.3 Å². The molecule has 0 bridgehead atoms. The van der Waals surface area contributed by atoms with Gasteiger partial charge < -0.3 is 4.90 Å². The second-order valence-corrected chi connectivity index (χ2v) is 4.47. The highest BCUT2D eigenvalue weighted by Crippen LogP contribution is 2.23. The molecule has 1 atom stereocenters. The molecule has 0 radical (unpaired) electrons. The van der Waals surface area contributed by atoms with Gasteiger partial charge >= 0.3 is 0 Å². The molecular formula is C13H14FN3. The van der Waals surface area contributed by atoms with E-state index in [9.17, 15) is 4.39 Å². The van der Waals surface area contributed by atoms with Crippen LogP contribution in [0.1, 0.15) is 6.42 Å². The van der Waals surface area contributed by atoms with Crippen LogP contribution < -0.4 is 4.90 Å².